The van der Waals surface area contributed by atoms with Crippen LogP contribution in [0.15, 0.2) is 6.20 Å². The van der Waals surface area contributed by atoms with Crippen molar-refractivity contribution in [2.45, 2.75) is 20.4 Å². The van der Waals surface area contributed by atoms with E-state index in [4.69, 9.17) is 0 Å². The molecule has 60 valence electrons. The Labute approximate surface area is 65.2 Å². The van der Waals surface area contributed by atoms with E-state index in [0.717, 1.165) is 6.54 Å². The van der Waals surface area contributed by atoms with Crippen LogP contribution in [-0.2, 0) is 6.54 Å². The van der Waals surface area contributed by atoms with Crippen LogP contribution in [-0.4, -0.2) is 21.3 Å². The van der Waals surface area contributed by atoms with Crippen LogP contribution in [0.2, 0.25) is 0 Å². The first-order valence-electron chi connectivity index (χ1n) is 3.57. The van der Waals surface area contributed by atoms with Gasteiger partial charge >= 0.3 is 0 Å². The Hall–Kier alpha value is -1.19. The first-order chi connectivity index (χ1) is 5.22. The number of hydrogen-bond donors (Lipinski definition) is 0. The molecular weight excluding hydrogens is 142 g/mol. The van der Waals surface area contributed by atoms with Crippen molar-refractivity contribution < 1.29 is 4.79 Å². The molecule has 0 aliphatic rings. The molecule has 0 N–H and O–H groups in total. The third kappa shape index (κ3) is 2.14. The Bertz CT molecular complexity index is 242. The van der Waals surface area contributed by atoms with Gasteiger partial charge in [0, 0.05) is 6.54 Å². The zero-order valence-electron chi connectivity index (χ0n) is 6.69. The second-order valence-corrected chi connectivity index (χ2v) is 2.88. The van der Waals surface area contributed by atoms with Gasteiger partial charge in [0.1, 0.15) is 5.69 Å². The molecule has 11 heavy (non-hydrogen) atoms. The summed E-state index contributed by atoms with van der Waals surface area (Å²) in [4.78, 5) is 10.2. The molecule has 1 aromatic heterocycles. The second kappa shape index (κ2) is 3.27. The maximum Gasteiger partial charge on any atom is 0.171 e. The third-order valence-electron chi connectivity index (χ3n) is 1.23. The summed E-state index contributed by atoms with van der Waals surface area (Å²) in [5, 5.41) is 7.40. The number of hydrogen-bond acceptors (Lipinski definition) is 3. The molecule has 0 spiro atoms. The number of rotatable bonds is 3. The fourth-order valence-electron chi connectivity index (χ4n) is 0.831. The molecule has 0 aliphatic carbocycles. The average Bonchev–Trinajstić information content (AvgIpc) is 2.34. The first kappa shape index (κ1) is 7.91. The highest BCUT2D eigenvalue weighted by Crippen LogP contribution is 1.97. The Morgan fingerprint density at radius 3 is 2.91 bits per heavy atom. The lowest BCUT2D eigenvalue weighted by molar-refractivity contribution is 0.111. The zero-order valence-corrected chi connectivity index (χ0v) is 6.69. The van der Waals surface area contributed by atoms with Crippen molar-refractivity contribution in [3.05, 3.63) is 11.9 Å². The zero-order chi connectivity index (χ0) is 8.27. The van der Waals surface area contributed by atoms with Gasteiger partial charge in [-0.05, 0) is 5.92 Å². The monoisotopic (exact) mass is 153 g/mol. The maximum absolute atomic E-state index is 10.2. The summed E-state index contributed by atoms with van der Waals surface area (Å²) in [6.07, 6.45) is 2.34. The number of carbonyl (C=O) groups excluding carboxylic acids is 1. The van der Waals surface area contributed by atoms with Gasteiger partial charge in [-0.3, -0.25) is 9.48 Å². The Morgan fingerprint density at radius 2 is 2.45 bits per heavy atom. The van der Waals surface area contributed by atoms with E-state index in [1.54, 1.807) is 10.9 Å². The van der Waals surface area contributed by atoms with E-state index in [1.807, 2.05) is 0 Å². The molecule has 4 nitrogen and oxygen atoms in total. The lowest BCUT2D eigenvalue weighted by Gasteiger charge is -2.01. The topological polar surface area (TPSA) is 47.8 Å². The number of carbonyl (C=O) groups is 1. The van der Waals surface area contributed by atoms with Gasteiger partial charge in [-0.1, -0.05) is 19.1 Å². The van der Waals surface area contributed by atoms with E-state index in [2.05, 4.69) is 24.2 Å². The molecule has 0 saturated heterocycles. The fourth-order valence-corrected chi connectivity index (χ4v) is 0.831. The molecule has 0 amide bonds. The largest absolute Gasteiger partial charge is 0.296 e. The van der Waals surface area contributed by atoms with Gasteiger partial charge in [-0.15, -0.1) is 5.10 Å². The smallest absolute Gasteiger partial charge is 0.171 e. The molecule has 0 atom stereocenters. The fraction of sp³-hybridized carbons (Fsp3) is 0.571. The van der Waals surface area contributed by atoms with Gasteiger partial charge in [-0.2, -0.15) is 0 Å². The summed E-state index contributed by atoms with van der Waals surface area (Å²) in [5.41, 5.74) is 0.394. The van der Waals surface area contributed by atoms with Crippen molar-refractivity contribution in [3.63, 3.8) is 0 Å². The standard InChI is InChI=1S/C7H11N3O/c1-6(2)3-10-4-7(5-11)8-9-10/h4-6H,3H2,1-2H3. The van der Waals surface area contributed by atoms with Crippen molar-refractivity contribution in [2.24, 2.45) is 5.92 Å². The molecule has 0 saturated carbocycles. The van der Waals surface area contributed by atoms with Gasteiger partial charge in [0.2, 0.25) is 0 Å². The maximum atomic E-state index is 10.2. The molecule has 0 unspecified atom stereocenters. The molecule has 0 fully saturated rings. The summed E-state index contributed by atoms with van der Waals surface area (Å²) in [7, 11) is 0. The van der Waals surface area contributed by atoms with Crippen LogP contribution in [0, 0.1) is 5.92 Å². The summed E-state index contributed by atoms with van der Waals surface area (Å²) >= 11 is 0. The lowest BCUT2D eigenvalue weighted by Crippen LogP contribution is -2.04. The van der Waals surface area contributed by atoms with Crippen molar-refractivity contribution in [1.29, 1.82) is 0 Å². The van der Waals surface area contributed by atoms with Crippen LogP contribution in [0.5, 0.6) is 0 Å². The van der Waals surface area contributed by atoms with E-state index in [0.29, 0.717) is 17.9 Å². The van der Waals surface area contributed by atoms with Gasteiger partial charge in [0.25, 0.3) is 0 Å². The quantitative estimate of drug-likeness (QED) is 0.602. The normalized spacial score (nSPS) is 10.5. The van der Waals surface area contributed by atoms with Crippen molar-refractivity contribution in [1.82, 2.24) is 15.0 Å². The second-order valence-electron chi connectivity index (χ2n) is 2.88. The van der Waals surface area contributed by atoms with E-state index in [-0.39, 0.29) is 0 Å². The van der Waals surface area contributed by atoms with Crippen LogP contribution >= 0.6 is 0 Å². The highest BCUT2D eigenvalue weighted by atomic mass is 16.1. The van der Waals surface area contributed by atoms with Crippen molar-refractivity contribution in [3.8, 4) is 0 Å². The van der Waals surface area contributed by atoms with E-state index in [1.165, 1.54) is 0 Å². The number of aromatic nitrogens is 3. The highest BCUT2D eigenvalue weighted by molar-refractivity contribution is 5.70. The van der Waals surface area contributed by atoms with Crippen LogP contribution in [0.25, 0.3) is 0 Å². The summed E-state index contributed by atoms with van der Waals surface area (Å²) < 4.78 is 1.68. The molecule has 4 heteroatoms. The number of nitrogens with zero attached hydrogens (tertiary/aromatic N) is 3. The van der Waals surface area contributed by atoms with E-state index >= 15 is 0 Å². The number of aldehydes is 1. The summed E-state index contributed by atoms with van der Waals surface area (Å²) in [5.74, 6) is 0.524. The van der Waals surface area contributed by atoms with Crippen LogP contribution in [0.4, 0.5) is 0 Å². The summed E-state index contributed by atoms with van der Waals surface area (Å²) in [6, 6.07) is 0. The molecule has 1 aromatic rings. The van der Waals surface area contributed by atoms with E-state index in [9.17, 15) is 4.79 Å². The molecule has 0 radical (unpaired) electrons. The average molecular weight is 153 g/mol. The van der Waals surface area contributed by atoms with E-state index < -0.39 is 0 Å². The minimum Gasteiger partial charge on any atom is -0.296 e. The van der Waals surface area contributed by atoms with Crippen molar-refractivity contribution in [2.75, 3.05) is 0 Å². The van der Waals surface area contributed by atoms with Gasteiger partial charge in [-0.25, -0.2) is 0 Å². The lowest BCUT2D eigenvalue weighted by atomic mass is 10.2. The van der Waals surface area contributed by atoms with Gasteiger partial charge in [0.05, 0.1) is 6.20 Å². The minimum atomic E-state index is 0.394. The van der Waals surface area contributed by atoms with Gasteiger partial charge in [0.15, 0.2) is 6.29 Å². The van der Waals surface area contributed by atoms with Crippen LogP contribution in [0.1, 0.15) is 24.3 Å². The Balaban J connectivity index is 2.65. The summed E-state index contributed by atoms with van der Waals surface area (Å²) in [6.45, 7) is 4.98. The SMILES string of the molecule is CC(C)Cn1cc(C=O)nn1. The Kier molecular flexibility index (Phi) is 2.36. The molecule has 1 heterocycles. The molecule has 0 aromatic carbocycles. The molecule has 0 bridgehead atoms. The Morgan fingerprint density at radius 1 is 1.73 bits per heavy atom. The first-order valence-corrected chi connectivity index (χ1v) is 3.57. The third-order valence-corrected chi connectivity index (χ3v) is 1.23. The predicted molar refractivity (Wildman–Crippen MR) is 40.2 cm³/mol. The molecule has 1 rings (SSSR count). The van der Waals surface area contributed by atoms with Gasteiger partial charge < -0.3 is 0 Å². The minimum absolute atomic E-state index is 0.394. The highest BCUT2D eigenvalue weighted by Gasteiger charge is 1.99. The van der Waals surface area contributed by atoms with Crippen molar-refractivity contribution >= 4 is 6.29 Å². The molecule has 0 aliphatic heterocycles. The molecular formula is C7H11N3O. The van der Waals surface area contributed by atoms with Crippen LogP contribution < -0.4 is 0 Å². The van der Waals surface area contributed by atoms with Crippen LogP contribution in [0.3, 0.4) is 0 Å². The predicted octanol–water partition coefficient (Wildman–Crippen LogP) is 0.747.